The van der Waals surface area contributed by atoms with Crippen molar-refractivity contribution in [3.8, 4) is 0 Å². The third kappa shape index (κ3) is 2.40. The second-order valence-electron chi connectivity index (χ2n) is 5.06. The molecule has 0 radical (unpaired) electrons. The van der Waals surface area contributed by atoms with Crippen LogP contribution in [0, 0.1) is 0 Å². The number of rotatable bonds is 3. The molecule has 2 aromatic rings. The molecule has 1 aliphatic rings. The smallest absolute Gasteiger partial charge is 0.0342 e. The molecule has 3 rings (SSSR count). The van der Waals surface area contributed by atoms with Gasteiger partial charge in [0.2, 0.25) is 0 Å². The normalized spacial score (nSPS) is 22.9. The highest BCUT2D eigenvalue weighted by Crippen LogP contribution is 2.36. The van der Waals surface area contributed by atoms with Crippen molar-refractivity contribution in [1.29, 1.82) is 0 Å². The fraction of sp³-hybridized carbons (Fsp3) is 0.294. The Hall–Kier alpha value is -1.76. The van der Waals surface area contributed by atoms with Crippen molar-refractivity contribution >= 4 is 5.69 Å². The van der Waals surface area contributed by atoms with Crippen LogP contribution in [0.5, 0.6) is 0 Å². The van der Waals surface area contributed by atoms with Gasteiger partial charge in [-0.15, -0.1) is 0 Å². The number of hydrogen-bond acceptors (Lipinski definition) is 1. The van der Waals surface area contributed by atoms with E-state index in [1.165, 1.54) is 30.5 Å². The van der Waals surface area contributed by atoms with Crippen LogP contribution < -0.4 is 5.32 Å². The number of nitrogens with one attached hydrogen (secondary N) is 1. The second kappa shape index (κ2) is 5.26. The van der Waals surface area contributed by atoms with Crippen LogP contribution in [0.15, 0.2) is 60.7 Å². The SMILES string of the molecule is c1ccc(N[C@@H]2CCC[C@@H]2c2ccccc2)cc1. The Kier molecular flexibility index (Phi) is 3.31. The molecule has 0 aliphatic heterocycles. The number of para-hydroxylation sites is 1. The number of hydrogen-bond donors (Lipinski definition) is 1. The van der Waals surface area contributed by atoms with Crippen LogP contribution in [0.25, 0.3) is 0 Å². The molecule has 92 valence electrons. The van der Waals surface area contributed by atoms with E-state index in [0.717, 1.165) is 0 Å². The molecule has 0 aromatic heterocycles. The van der Waals surface area contributed by atoms with Crippen molar-refractivity contribution in [2.24, 2.45) is 0 Å². The Balaban J connectivity index is 1.76. The molecular formula is C17H19N. The van der Waals surface area contributed by atoms with Crippen LogP contribution in [-0.2, 0) is 0 Å². The van der Waals surface area contributed by atoms with Crippen molar-refractivity contribution in [3.05, 3.63) is 66.2 Å². The van der Waals surface area contributed by atoms with E-state index in [-0.39, 0.29) is 0 Å². The van der Waals surface area contributed by atoms with Gasteiger partial charge >= 0.3 is 0 Å². The summed E-state index contributed by atoms with van der Waals surface area (Å²) >= 11 is 0. The first-order valence-corrected chi connectivity index (χ1v) is 6.80. The van der Waals surface area contributed by atoms with E-state index in [4.69, 9.17) is 0 Å². The van der Waals surface area contributed by atoms with Gasteiger partial charge in [-0.25, -0.2) is 0 Å². The summed E-state index contributed by atoms with van der Waals surface area (Å²) in [6.07, 6.45) is 3.90. The van der Waals surface area contributed by atoms with Gasteiger partial charge < -0.3 is 5.32 Å². The summed E-state index contributed by atoms with van der Waals surface area (Å²) in [5, 5.41) is 3.69. The lowest BCUT2D eigenvalue weighted by Gasteiger charge is -2.22. The molecule has 18 heavy (non-hydrogen) atoms. The minimum atomic E-state index is 0.579. The lowest BCUT2D eigenvalue weighted by molar-refractivity contribution is 0.650. The first-order chi connectivity index (χ1) is 8.93. The Labute approximate surface area is 109 Å². The van der Waals surface area contributed by atoms with E-state index in [9.17, 15) is 0 Å². The third-order valence-corrected chi connectivity index (χ3v) is 3.87. The summed E-state index contributed by atoms with van der Waals surface area (Å²) in [6, 6.07) is 22.0. The topological polar surface area (TPSA) is 12.0 Å². The molecule has 2 aromatic carbocycles. The molecule has 0 spiro atoms. The van der Waals surface area contributed by atoms with Gasteiger partial charge in [0.15, 0.2) is 0 Å². The first kappa shape index (κ1) is 11.3. The fourth-order valence-electron chi connectivity index (χ4n) is 2.98. The highest BCUT2D eigenvalue weighted by Gasteiger charge is 2.28. The van der Waals surface area contributed by atoms with Crippen molar-refractivity contribution < 1.29 is 0 Å². The van der Waals surface area contributed by atoms with Crippen LogP contribution in [0.4, 0.5) is 5.69 Å². The molecule has 2 atom stereocenters. The van der Waals surface area contributed by atoms with Gasteiger partial charge in [0, 0.05) is 17.6 Å². The van der Waals surface area contributed by atoms with E-state index in [1.807, 2.05) is 0 Å². The average Bonchev–Trinajstić information content (AvgIpc) is 2.89. The molecular weight excluding hydrogens is 218 g/mol. The standard InChI is InChI=1S/C17H19N/c1-3-8-14(9-4-1)16-12-7-13-17(16)18-15-10-5-2-6-11-15/h1-6,8-11,16-18H,7,12-13H2/t16-,17-/m1/s1. The van der Waals surface area contributed by atoms with Gasteiger partial charge in [-0.1, -0.05) is 55.0 Å². The largest absolute Gasteiger partial charge is 0.382 e. The first-order valence-electron chi connectivity index (χ1n) is 6.80. The van der Waals surface area contributed by atoms with Gasteiger partial charge in [-0.3, -0.25) is 0 Å². The summed E-state index contributed by atoms with van der Waals surface area (Å²) in [4.78, 5) is 0. The average molecular weight is 237 g/mol. The molecule has 1 aliphatic carbocycles. The Morgan fingerprint density at radius 2 is 1.44 bits per heavy atom. The Morgan fingerprint density at radius 1 is 0.778 bits per heavy atom. The lowest BCUT2D eigenvalue weighted by atomic mass is 9.94. The zero-order valence-electron chi connectivity index (χ0n) is 10.5. The Morgan fingerprint density at radius 3 is 2.17 bits per heavy atom. The van der Waals surface area contributed by atoms with E-state index < -0.39 is 0 Å². The van der Waals surface area contributed by atoms with Crippen LogP contribution >= 0.6 is 0 Å². The maximum atomic E-state index is 3.69. The summed E-state index contributed by atoms with van der Waals surface area (Å²) in [5.74, 6) is 0.659. The van der Waals surface area contributed by atoms with Crippen molar-refractivity contribution in [1.82, 2.24) is 0 Å². The number of anilines is 1. The predicted octanol–water partition coefficient (Wildman–Crippen LogP) is 4.43. The summed E-state index contributed by atoms with van der Waals surface area (Å²) < 4.78 is 0. The van der Waals surface area contributed by atoms with Crippen LogP contribution in [0.1, 0.15) is 30.7 Å². The van der Waals surface area contributed by atoms with Crippen LogP contribution in [0.2, 0.25) is 0 Å². The molecule has 1 N–H and O–H groups in total. The van der Waals surface area contributed by atoms with Crippen molar-refractivity contribution in [2.45, 2.75) is 31.2 Å². The van der Waals surface area contributed by atoms with Gasteiger partial charge in [-0.05, 0) is 30.5 Å². The van der Waals surface area contributed by atoms with Gasteiger partial charge in [0.1, 0.15) is 0 Å². The van der Waals surface area contributed by atoms with E-state index in [0.29, 0.717) is 12.0 Å². The maximum absolute atomic E-state index is 3.69. The molecule has 0 heterocycles. The molecule has 0 unspecified atom stereocenters. The molecule has 0 bridgehead atoms. The minimum Gasteiger partial charge on any atom is -0.382 e. The zero-order valence-corrected chi connectivity index (χ0v) is 10.5. The second-order valence-corrected chi connectivity index (χ2v) is 5.06. The zero-order chi connectivity index (χ0) is 12.2. The summed E-state index contributed by atoms with van der Waals surface area (Å²) in [6.45, 7) is 0. The summed E-state index contributed by atoms with van der Waals surface area (Å²) in [7, 11) is 0. The molecule has 0 amide bonds. The predicted molar refractivity (Wildman–Crippen MR) is 76.9 cm³/mol. The van der Waals surface area contributed by atoms with Crippen LogP contribution in [0.3, 0.4) is 0 Å². The highest BCUT2D eigenvalue weighted by molar-refractivity contribution is 5.44. The minimum absolute atomic E-state index is 0.579. The number of benzene rings is 2. The maximum Gasteiger partial charge on any atom is 0.0342 e. The molecule has 1 heteroatoms. The van der Waals surface area contributed by atoms with E-state index >= 15 is 0 Å². The van der Waals surface area contributed by atoms with Gasteiger partial charge in [0.25, 0.3) is 0 Å². The summed E-state index contributed by atoms with van der Waals surface area (Å²) in [5.41, 5.74) is 2.72. The third-order valence-electron chi connectivity index (χ3n) is 3.87. The van der Waals surface area contributed by atoms with Gasteiger partial charge in [0.05, 0.1) is 0 Å². The Bertz CT molecular complexity index is 477. The van der Waals surface area contributed by atoms with Crippen molar-refractivity contribution in [3.63, 3.8) is 0 Å². The molecule has 0 saturated heterocycles. The van der Waals surface area contributed by atoms with E-state index in [1.54, 1.807) is 0 Å². The fourth-order valence-corrected chi connectivity index (χ4v) is 2.98. The lowest BCUT2D eigenvalue weighted by Crippen LogP contribution is -2.22. The van der Waals surface area contributed by atoms with Crippen molar-refractivity contribution in [2.75, 3.05) is 5.32 Å². The molecule has 1 fully saturated rings. The molecule has 1 nitrogen and oxygen atoms in total. The molecule has 1 saturated carbocycles. The quantitative estimate of drug-likeness (QED) is 0.832. The monoisotopic (exact) mass is 237 g/mol. The van der Waals surface area contributed by atoms with Crippen LogP contribution in [-0.4, -0.2) is 6.04 Å². The van der Waals surface area contributed by atoms with E-state index in [2.05, 4.69) is 66.0 Å². The van der Waals surface area contributed by atoms with Gasteiger partial charge in [-0.2, -0.15) is 0 Å². The highest BCUT2D eigenvalue weighted by atomic mass is 14.9.